The number of nitrogens with zero attached hydrogens (tertiary/aromatic N) is 3. The van der Waals surface area contributed by atoms with Crippen LogP contribution in [-0.2, 0) is 0 Å². The third kappa shape index (κ3) is 4.13. The Morgan fingerprint density at radius 3 is 3.00 bits per heavy atom. The molecule has 1 unspecified atom stereocenters. The van der Waals surface area contributed by atoms with E-state index in [1.165, 1.54) is 11.3 Å². The molecule has 2 atom stereocenters. The molecule has 3 rings (SSSR count). The Balaban J connectivity index is 1.39. The van der Waals surface area contributed by atoms with E-state index in [9.17, 15) is 0 Å². The molecule has 1 fully saturated rings. The van der Waals surface area contributed by atoms with E-state index < -0.39 is 0 Å². The number of benzene rings is 1. The van der Waals surface area contributed by atoms with E-state index in [-0.39, 0.29) is 6.04 Å². The van der Waals surface area contributed by atoms with Gasteiger partial charge in [-0.15, -0.1) is 16.9 Å². The molecule has 1 aromatic rings. The normalized spacial score (nSPS) is 23.4. The van der Waals surface area contributed by atoms with E-state index in [1.807, 2.05) is 23.3 Å². The Hall–Kier alpha value is -1.28. The maximum absolute atomic E-state index is 8.24. The number of likely N-dealkylation sites (tertiary alicyclic amines) is 1. The first kappa shape index (κ1) is 15.6. The smallest absolute Gasteiger partial charge is 0.126 e. The van der Waals surface area contributed by atoms with E-state index in [4.69, 9.17) is 5.73 Å². The van der Waals surface area contributed by atoms with E-state index in [0.717, 1.165) is 31.7 Å². The Kier molecular flexibility index (Phi) is 5.55. The summed E-state index contributed by atoms with van der Waals surface area (Å²) in [6.07, 6.45) is 5.23. The van der Waals surface area contributed by atoms with Crippen molar-refractivity contribution < 1.29 is 0 Å². The fraction of sp³-hybridized carbons (Fsp3) is 0.533. The highest BCUT2D eigenvalue weighted by Gasteiger charge is 2.31. The Labute approximate surface area is 136 Å². The summed E-state index contributed by atoms with van der Waals surface area (Å²) in [4.78, 5) is 3.69. The molecule has 0 aromatic heterocycles. The van der Waals surface area contributed by atoms with Crippen LogP contribution in [0.3, 0.4) is 0 Å². The van der Waals surface area contributed by atoms with E-state index in [2.05, 4.69) is 33.1 Å². The Morgan fingerprint density at radius 1 is 1.36 bits per heavy atom. The molecule has 2 aliphatic rings. The van der Waals surface area contributed by atoms with Gasteiger partial charge in [0.2, 0.25) is 0 Å². The molecule has 3 N–H and O–H groups in total. The largest absolute Gasteiger partial charge is 0.287 e. The van der Waals surface area contributed by atoms with Crippen LogP contribution in [0.2, 0.25) is 0 Å². The molecule has 0 amide bonds. The van der Waals surface area contributed by atoms with Crippen molar-refractivity contribution in [2.45, 2.75) is 36.4 Å². The summed E-state index contributed by atoms with van der Waals surface area (Å²) >= 11 is 1.78. The molecule has 0 aliphatic carbocycles. The van der Waals surface area contributed by atoms with Gasteiger partial charge in [-0.1, -0.05) is 18.2 Å². The first-order valence-electron chi connectivity index (χ1n) is 7.78. The lowest BCUT2D eigenvalue weighted by atomic mass is 10.2. The summed E-state index contributed by atoms with van der Waals surface area (Å²) in [6, 6.07) is 10.3. The van der Waals surface area contributed by atoms with Crippen molar-refractivity contribution in [3.05, 3.63) is 30.3 Å². The Bertz CT molecular complexity index is 474. The van der Waals surface area contributed by atoms with E-state index in [0.29, 0.717) is 6.17 Å². The van der Waals surface area contributed by atoms with Crippen LogP contribution < -0.4 is 16.7 Å². The van der Waals surface area contributed by atoms with Gasteiger partial charge in [0.25, 0.3) is 0 Å². The standard InChI is InChI=1S/C15H23N6S/c16-13(11-22-14-5-2-1-3-6-14)8-10-20-9-4-7-15(20)21-18-12-17-19-21/h1-3,5-6,12-13,15-16,19H,4,7-11H2,(H,17,18)/t13-,15?/m1/s1. The Morgan fingerprint density at radius 2 is 2.23 bits per heavy atom. The van der Waals surface area contributed by atoms with Crippen LogP contribution in [0, 0.1) is 0 Å². The third-order valence-electron chi connectivity index (χ3n) is 4.01. The van der Waals surface area contributed by atoms with Crippen LogP contribution in [0.25, 0.3) is 0 Å². The predicted octanol–water partition coefficient (Wildman–Crippen LogP) is 1.51. The molecular weight excluding hydrogens is 296 g/mol. The first-order chi connectivity index (χ1) is 10.8. The minimum Gasteiger partial charge on any atom is -0.287 e. The molecule has 1 aromatic carbocycles. The zero-order chi connectivity index (χ0) is 15.2. The highest BCUT2D eigenvalue weighted by Crippen LogP contribution is 2.21. The lowest BCUT2D eigenvalue weighted by Gasteiger charge is -2.31. The number of hydrazone groups is 1. The summed E-state index contributed by atoms with van der Waals surface area (Å²) in [7, 11) is 0. The lowest BCUT2D eigenvalue weighted by Crippen LogP contribution is -2.53. The van der Waals surface area contributed by atoms with Gasteiger partial charge >= 0.3 is 0 Å². The van der Waals surface area contributed by atoms with Crippen molar-refractivity contribution >= 4 is 18.1 Å². The number of hydrogen-bond donors (Lipinski definition) is 2. The molecule has 0 saturated carbocycles. The fourth-order valence-electron chi connectivity index (χ4n) is 2.84. The second-order valence-electron chi connectivity index (χ2n) is 5.63. The zero-order valence-electron chi connectivity index (χ0n) is 12.6. The number of nitrogens with one attached hydrogen (secondary N) is 3. The van der Waals surface area contributed by atoms with Gasteiger partial charge in [-0.2, -0.15) is 5.10 Å². The minimum absolute atomic E-state index is 0.0257. The monoisotopic (exact) mass is 319 g/mol. The minimum atomic E-state index is -0.0257. The maximum atomic E-state index is 8.24. The second kappa shape index (κ2) is 7.82. The molecule has 1 radical (unpaired) electrons. The van der Waals surface area contributed by atoms with Crippen LogP contribution in [-0.4, -0.2) is 47.4 Å². The van der Waals surface area contributed by atoms with Gasteiger partial charge in [0.1, 0.15) is 12.5 Å². The molecule has 119 valence electrons. The van der Waals surface area contributed by atoms with Crippen LogP contribution in [0.1, 0.15) is 19.3 Å². The number of rotatable bonds is 7. The van der Waals surface area contributed by atoms with Crippen molar-refractivity contribution in [3.63, 3.8) is 0 Å². The molecule has 1 saturated heterocycles. The maximum Gasteiger partial charge on any atom is 0.126 e. The predicted molar refractivity (Wildman–Crippen MR) is 89.9 cm³/mol. The summed E-state index contributed by atoms with van der Waals surface area (Å²) in [5.41, 5.74) is 14.3. The van der Waals surface area contributed by atoms with Gasteiger partial charge in [0, 0.05) is 23.2 Å². The summed E-state index contributed by atoms with van der Waals surface area (Å²) in [6.45, 7) is 2.07. The average Bonchev–Trinajstić information content (AvgIpc) is 3.22. The molecule has 6 nitrogen and oxygen atoms in total. The molecule has 0 spiro atoms. The second-order valence-corrected chi connectivity index (χ2v) is 6.72. The molecule has 7 heteroatoms. The third-order valence-corrected chi connectivity index (χ3v) is 5.19. The molecule has 2 heterocycles. The van der Waals surface area contributed by atoms with E-state index in [1.54, 1.807) is 18.1 Å². The number of thioether (sulfide) groups is 1. The zero-order valence-corrected chi connectivity index (χ0v) is 13.4. The highest BCUT2D eigenvalue weighted by molar-refractivity contribution is 7.99. The van der Waals surface area contributed by atoms with Crippen LogP contribution in [0.5, 0.6) is 0 Å². The van der Waals surface area contributed by atoms with Crippen LogP contribution in [0.15, 0.2) is 40.3 Å². The molecule has 0 bridgehead atoms. The number of hydrazine groups is 2. The van der Waals surface area contributed by atoms with Crippen molar-refractivity contribution in [2.24, 2.45) is 5.10 Å². The van der Waals surface area contributed by atoms with Gasteiger partial charge in [0.15, 0.2) is 0 Å². The van der Waals surface area contributed by atoms with Crippen molar-refractivity contribution in [1.82, 2.24) is 26.7 Å². The van der Waals surface area contributed by atoms with Gasteiger partial charge in [-0.25, -0.2) is 5.53 Å². The first-order valence-corrected chi connectivity index (χ1v) is 8.77. The van der Waals surface area contributed by atoms with Gasteiger partial charge in [-0.05, 0) is 37.9 Å². The molecule has 22 heavy (non-hydrogen) atoms. The van der Waals surface area contributed by atoms with Gasteiger partial charge in [-0.3, -0.25) is 16.1 Å². The summed E-state index contributed by atoms with van der Waals surface area (Å²) < 4.78 is 0. The average molecular weight is 319 g/mol. The quantitative estimate of drug-likeness (QED) is 0.746. The summed E-state index contributed by atoms with van der Waals surface area (Å²) in [5.74, 6) is 0.853. The number of hydrogen-bond acceptors (Lipinski definition) is 6. The van der Waals surface area contributed by atoms with Crippen molar-refractivity contribution in [3.8, 4) is 0 Å². The van der Waals surface area contributed by atoms with Crippen molar-refractivity contribution in [2.75, 3.05) is 18.8 Å². The topological polar surface area (TPSA) is 66.7 Å². The lowest BCUT2D eigenvalue weighted by molar-refractivity contribution is 0.0195. The van der Waals surface area contributed by atoms with Gasteiger partial charge in [0.05, 0.1) is 0 Å². The summed E-state index contributed by atoms with van der Waals surface area (Å²) in [5, 5.41) is 5.92. The molecule has 2 aliphatic heterocycles. The van der Waals surface area contributed by atoms with Crippen LogP contribution >= 0.6 is 11.8 Å². The molecular formula is C15H23N6S. The van der Waals surface area contributed by atoms with E-state index >= 15 is 0 Å². The fourth-order valence-corrected chi connectivity index (χ4v) is 3.75. The van der Waals surface area contributed by atoms with Gasteiger partial charge < -0.3 is 0 Å². The van der Waals surface area contributed by atoms with Crippen LogP contribution in [0.4, 0.5) is 0 Å². The SMILES string of the molecule is [NH][C@H](CCN1CCCC1N1NC=NN1)CSc1ccccc1. The van der Waals surface area contributed by atoms with Crippen molar-refractivity contribution in [1.29, 1.82) is 0 Å². The highest BCUT2D eigenvalue weighted by atomic mass is 32.2.